The summed E-state index contributed by atoms with van der Waals surface area (Å²) in [5.74, 6) is 0.562. The molecule has 3 aliphatic carbocycles. The Bertz CT molecular complexity index is 647. The lowest BCUT2D eigenvalue weighted by atomic mass is 9.93. The fourth-order valence-electron chi connectivity index (χ4n) is 5.92. The van der Waals surface area contributed by atoms with Gasteiger partial charge in [0.05, 0.1) is 0 Å². The van der Waals surface area contributed by atoms with Gasteiger partial charge in [-0.3, -0.25) is 0 Å². The summed E-state index contributed by atoms with van der Waals surface area (Å²) in [6.45, 7) is 0. The lowest BCUT2D eigenvalue weighted by Gasteiger charge is -2.43. The Labute approximate surface area is 174 Å². The first-order valence-electron chi connectivity index (χ1n) is 11.6. The molecule has 0 radical (unpaired) electrons. The summed E-state index contributed by atoms with van der Waals surface area (Å²) >= 11 is 0. The third-order valence-electron chi connectivity index (χ3n) is 7.20. The van der Waals surface area contributed by atoms with Crippen LogP contribution in [-0.2, 0) is 0 Å². The average molecular weight is 396 g/mol. The number of nitrogens with zero attached hydrogens (tertiary/aromatic N) is 1. The van der Waals surface area contributed by atoms with E-state index in [4.69, 9.17) is 0 Å². The van der Waals surface area contributed by atoms with Crippen molar-refractivity contribution in [3.05, 3.63) is 59.4 Å². The zero-order chi connectivity index (χ0) is 19.3. The normalized spacial score (nSPS) is 25.4. The van der Waals surface area contributed by atoms with E-state index >= 15 is 0 Å². The van der Waals surface area contributed by atoms with Crippen LogP contribution in [0.3, 0.4) is 0 Å². The van der Waals surface area contributed by atoms with Gasteiger partial charge in [0, 0.05) is 12.0 Å². The largest absolute Gasteiger partial charge is 0.301 e. The molecule has 0 heterocycles. The van der Waals surface area contributed by atoms with Gasteiger partial charge in [-0.15, -0.1) is 0 Å². The quantitative estimate of drug-likeness (QED) is 0.451. The third kappa shape index (κ3) is 4.47. The molecule has 4 rings (SSSR count). The summed E-state index contributed by atoms with van der Waals surface area (Å²) in [6.07, 6.45) is 22.2. The van der Waals surface area contributed by atoms with Crippen LogP contribution in [0.25, 0.3) is 0 Å². The Hall–Kier alpha value is -0.910. The summed E-state index contributed by atoms with van der Waals surface area (Å²) in [5, 5.41) is 1.83. The molecular formula is C26H38NP. The molecule has 2 heteroatoms. The minimum absolute atomic E-state index is 0.0131. The van der Waals surface area contributed by atoms with Crippen LogP contribution >= 0.6 is 7.92 Å². The van der Waals surface area contributed by atoms with E-state index in [2.05, 4.69) is 67.6 Å². The molecule has 1 aromatic carbocycles. The second-order valence-corrected chi connectivity index (χ2v) is 12.1. The van der Waals surface area contributed by atoms with E-state index < -0.39 is 0 Å². The van der Waals surface area contributed by atoms with Gasteiger partial charge in [-0.25, -0.2) is 0 Å². The standard InChI is InChI=1S/C26H38NP/c1-27(2)26(21-13-6-3-7-14-21)24-19-12-20-25(24)28(22-15-8-4-9-16-22)23-17-10-5-11-18-23/h3,6-7,12-14,19-20,22-24,26H,4-5,8-11,15-18H2,1-2H3/t24?,26-/m1/s1. The van der Waals surface area contributed by atoms with Crippen LogP contribution in [0, 0.1) is 5.92 Å². The third-order valence-corrected chi connectivity index (χ3v) is 10.8. The SMILES string of the molecule is CN(C)[C@H](c1ccccc1)C1C=CC=C1P(C1CCCCC1)C1CCCCC1. The molecule has 1 unspecified atom stereocenters. The van der Waals surface area contributed by atoms with Gasteiger partial charge in [0.15, 0.2) is 0 Å². The lowest BCUT2D eigenvalue weighted by molar-refractivity contribution is 0.265. The average Bonchev–Trinajstić information content (AvgIpc) is 3.19. The number of hydrogen-bond acceptors (Lipinski definition) is 1. The van der Waals surface area contributed by atoms with Crippen molar-refractivity contribution < 1.29 is 0 Å². The maximum atomic E-state index is 2.55. The van der Waals surface area contributed by atoms with Gasteiger partial charge in [0.2, 0.25) is 0 Å². The van der Waals surface area contributed by atoms with Gasteiger partial charge in [-0.05, 0) is 62.0 Å². The van der Waals surface area contributed by atoms with E-state index in [1.54, 1.807) is 0 Å². The highest BCUT2D eigenvalue weighted by molar-refractivity contribution is 7.63. The first-order chi connectivity index (χ1) is 13.8. The van der Waals surface area contributed by atoms with Crippen LogP contribution in [0.2, 0.25) is 0 Å². The van der Waals surface area contributed by atoms with Crippen LogP contribution in [0.1, 0.15) is 75.8 Å². The van der Waals surface area contributed by atoms with Crippen LogP contribution in [0.4, 0.5) is 0 Å². The highest BCUT2D eigenvalue weighted by Crippen LogP contribution is 2.65. The molecule has 0 spiro atoms. The molecule has 0 bridgehead atoms. The summed E-state index contributed by atoms with van der Waals surface area (Å²) in [5.41, 5.74) is 3.44. The van der Waals surface area contributed by atoms with Crippen LogP contribution in [0.5, 0.6) is 0 Å². The fourth-order valence-corrected chi connectivity index (χ4v) is 10.0. The van der Waals surface area contributed by atoms with E-state index in [9.17, 15) is 0 Å². The maximum Gasteiger partial charge on any atom is 0.0445 e. The van der Waals surface area contributed by atoms with Gasteiger partial charge in [0.25, 0.3) is 0 Å². The Morgan fingerprint density at radius 1 is 0.821 bits per heavy atom. The predicted octanol–water partition coefficient (Wildman–Crippen LogP) is 7.51. The van der Waals surface area contributed by atoms with E-state index in [1.165, 1.54) is 69.8 Å². The van der Waals surface area contributed by atoms with Gasteiger partial charge in [0.1, 0.15) is 0 Å². The highest BCUT2D eigenvalue weighted by atomic mass is 31.1. The molecular weight excluding hydrogens is 357 g/mol. The van der Waals surface area contributed by atoms with Crippen molar-refractivity contribution >= 4 is 7.92 Å². The first kappa shape index (κ1) is 20.4. The first-order valence-corrected chi connectivity index (χ1v) is 13.1. The molecule has 0 saturated heterocycles. The Morgan fingerprint density at radius 3 is 1.93 bits per heavy atom. The van der Waals surface area contributed by atoms with Crippen molar-refractivity contribution in [2.24, 2.45) is 5.92 Å². The molecule has 2 atom stereocenters. The van der Waals surface area contributed by atoms with E-state index in [-0.39, 0.29) is 7.92 Å². The molecule has 28 heavy (non-hydrogen) atoms. The number of hydrogen-bond donors (Lipinski definition) is 0. The van der Waals surface area contributed by atoms with Crippen molar-refractivity contribution in [3.8, 4) is 0 Å². The minimum atomic E-state index is -0.0131. The van der Waals surface area contributed by atoms with Gasteiger partial charge >= 0.3 is 0 Å². The zero-order valence-electron chi connectivity index (χ0n) is 17.9. The maximum absolute atomic E-state index is 2.55. The smallest absolute Gasteiger partial charge is 0.0445 e. The van der Waals surface area contributed by atoms with Crippen molar-refractivity contribution in [3.63, 3.8) is 0 Å². The highest BCUT2D eigenvalue weighted by Gasteiger charge is 2.39. The number of rotatable bonds is 6. The summed E-state index contributed by atoms with van der Waals surface area (Å²) in [7, 11) is 4.52. The molecule has 1 aromatic rings. The van der Waals surface area contributed by atoms with Gasteiger partial charge in [-0.1, -0.05) is 95.0 Å². The topological polar surface area (TPSA) is 3.24 Å². The Morgan fingerprint density at radius 2 is 1.39 bits per heavy atom. The fraction of sp³-hybridized carbons (Fsp3) is 0.615. The summed E-state index contributed by atoms with van der Waals surface area (Å²) < 4.78 is 0. The zero-order valence-corrected chi connectivity index (χ0v) is 18.8. The second kappa shape index (κ2) is 9.73. The van der Waals surface area contributed by atoms with E-state index in [0.29, 0.717) is 12.0 Å². The molecule has 3 aliphatic rings. The molecule has 0 amide bonds. The van der Waals surface area contributed by atoms with E-state index in [1.807, 2.05) is 5.31 Å². The van der Waals surface area contributed by atoms with Crippen LogP contribution in [-0.4, -0.2) is 30.3 Å². The van der Waals surface area contributed by atoms with Gasteiger partial charge in [-0.2, -0.15) is 0 Å². The van der Waals surface area contributed by atoms with Crippen molar-refractivity contribution in [2.75, 3.05) is 14.1 Å². The minimum Gasteiger partial charge on any atom is -0.301 e. The molecule has 152 valence electrons. The molecule has 1 nitrogen and oxygen atoms in total. The van der Waals surface area contributed by atoms with Crippen molar-refractivity contribution in [1.82, 2.24) is 4.90 Å². The van der Waals surface area contributed by atoms with Crippen LogP contribution in [0.15, 0.2) is 53.9 Å². The predicted molar refractivity (Wildman–Crippen MR) is 124 cm³/mol. The number of benzene rings is 1. The Kier molecular flexibility index (Phi) is 7.08. The molecule has 2 saturated carbocycles. The molecule has 0 N–H and O–H groups in total. The summed E-state index contributed by atoms with van der Waals surface area (Å²) in [4.78, 5) is 2.46. The van der Waals surface area contributed by atoms with Crippen molar-refractivity contribution in [1.29, 1.82) is 0 Å². The van der Waals surface area contributed by atoms with Crippen LogP contribution < -0.4 is 0 Å². The number of allylic oxidation sites excluding steroid dienone is 2. The Balaban J connectivity index is 1.64. The molecule has 2 fully saturated rings. The lowest BCUT2D eigenvalue weighted by Crippen LogP contribution is -2.29. The van der Waals surface area contributed by atoms with Gasteiger partial charge < -0.3 is 4.90 Å². The second-order valence-electron chi connectivity index (χ2n) is 9.31. The van der Waals surface area contributed by atoms with E-state index in [0.717, 1.165) is 11.3 Å². The summed E-state index contributed by atoms with van der Waals surface area (Å²) in [6, 6.07) is 11.7. The van der Waals surface area contributed by atoms with Crippen molar-refractivity contribution in [2.45, 2.75) is 81.6 Å². The molecule has 0 aromatic heterocycles. The molecule has 0 aliphatic heterocycles. The monoisotopic (exact) mass is 395 g/mol.